The quantitative estimate of drug-likeness (QED) is 0.860. The summed E-state index contributed by atoms with van der Waals surface area (Å²) in [6.45, 7) is 1.57. The third kappa shape index (κ3) is 3.16. The monoisotopic (exact) mass is 285 g/mol. The number of nitrogens with zero attached hydrogens (tertiary/aromatic N) is 2. The third-order valence-electron chi connectivity index (χ3n) is 3.28. The van der Waals surface area contributed by atoms with Gasteiger partial charge in [-0.25, -0.2) is 4.79 Å². The van der Waals surface area contributed by atoms with Gasteiger partial charge in [-0.05, 0) is 38.0 Å². The maximum absolute atomic E-state index is 12.1. The minimum absolute atomic E-state index is 0.245. The lowest BCUT2D eigenvalue weighted by Gasteiger charge is -2.13. The topological polar surface area (TPSA) is 81.2 Å². The van der Waals surface area contributed by atoms with Gasteiger partial charge in [0.15, 0.2) is 6.10 Å². The second-order valence-corrected chi connectivity index (χ2v) is 5.09. The average molecular weight is 285 g/mol. The van der Waals surface area contributed by atoms with E-state index in [1.807, 2.05) is 0 Å². The van der Waals surface area contributed by atoms with Gasteiger partial charge in [0, 0.05) is 18.4 Å². The van der Waals surface area contributed by atoms with Crippen molar-refractivity contribution in [2.24, 2.45) is 0 Å². The number of esters is 1. The molecule has 6 heteroatoms. The first kappa shape index (κ1) is 13.5. The van der Waals surface area contributed by atoms with E-state index < -0.39 is 12.1 Å². The summed E-state index contributed by atoms with van der Waals surface area (Å²) >= 11 is 0. The fraction of sp³-hybridized carbons (Fsp3) is 0.333. The van der Waals surface area contributed by atoms with E-state index in [-0.39, 0.29) is 11.9 Å². The summed E-state index contributed by atoms with van der Waals surface area (Å²) < 4.78 is 5.18. The fourth-order valence-electron chi connectivity index (χ4n) is 1.92. The van der Waals surface area contributed by atoms with Crippen molar-refractivity contribution in [3.63, 3.8) is 0 Å². The van der Waals surface area contributed by atoms with Crippen LogP contribution >= 0.6 is 0 Å². The van der Waals surface area contributed by atoms with E-state index in [0.717, 1.165) is 12.8 Å². The number of fused-ring (bicyclic) bond motifs is 1. The molecule has 0 radical (unpaired) electrons. The van der Waals surface area contributed by atoms with Crippen LogP contribution in [-0.4, -0.2) is 34.0 Å². The van der Waals surface area contributed by atoms with Gasteiger partial charge in [-0.3, -0.25) is 14.8 Å². The summed E-state index contributed by atoms with van der Waals surface area (Å²) in [5, 5.41) is 2.80. The molecule has 1 heterocycles. The Bertz CT molecular complexity index is 697. The van der Waals surface area contributed by atoms with Crippen LogP contribution in [0.1, 0.15) is 30.1 Å². The molecule has 1 amide bonds. The highest BCUT2D eigenvalue weighted by molar-refractivity contribution is 5.95. The molecule has 0 unspecified atom stereocenters. The molecule has 0 spiro atoms. The van der Waals surface area contributed by atoms with Crippen molar-refractivity contribution in [1.29, 1.82) is 0 Å². The van der Waals surface area contributed by atoms with E-state index in [4.69, 9.17) is 4.74 Å². The van der Waals surface area contributed by atoms with Crippen LogP contribution in [0.4, 0.5) is 0 Å². The summed E-state index contributed by atoms with van der Waals surface area (Å²) in [6, 6.07) is 5.17. The van der Waals surface area contributed by atoms with Gasteiger partial charge in [-0.1, -0.05) is 0 Å². The summed E-state index contributed by atoms with van der Waals surface area (Å²) in [4.78, 5) is 32.1. The number of carbonyl (C=O) groups excluding carboxylic acids is 2. The van der Waals surface area contributed by atoms with Crippen LogP contribution in [-0.2, 0) is 9.53 Å². The summed E-state index contributed by atoms with van der Waals surface area (Å²) in [6.07, 6.45) is 4.33. The molecule has 1 atom stereocenters. The maximum Gasteiger partial charge on any atom is 0.338 e. The largest absolute Gasteiger partial charge is 0.449 e. The first-order chi connectivity index (χ1) is 10.1. The van der Waals surface area contributed by atoms with Crippen molar-refractivity contribution < 1.29 is 14.3 Å². The van der Waals surface area contributed by atoms with Crippen molar-refractivity contribution in [1.82, 2.24) is 15.3 Å². The van der Waals surface area contributed by atoms with E-state index in [2.05, 4.69) is 15.3 Å². The van der Waals surface area contributed by atoms with Crippen molar-refractivity contribution >= 4 is 22.9 Å². The number of carbonyl (C=O) groups is 2. The van der Waals surface area contributed by atoms with Gasteiger partial charge in [-0.15, -0.1) is 0 Å². The van der Waals surface area contributed by atoms with Crippen LogP contribution in [0.3, 0.4) is 0 Å². The highest BCUT2D eigenvalue weighted by Crippen LogP contribution is 2.19. The van der Waals surface area contributed by atoms with Gasteiger partial charge < -0.3 is 10.1 Å². The zero-order valence-corrected chi connectivity index (χ0v) is 11.6. The molecular formula is C15H15N3O3. The van der Waals surface area contributed by atoms with Crippen LogP contribution in [0, 0.1) is 0 Å². The summed E-state index contributed by atoms with van der Waals surface area (Å²) in [5.74, 6) is -0.799. The van der Waals surface area contributed by atoms with Crippen LogP contribution < -0.4 is 5.32 Å². The number of nitrogens with one attached hydrogen (secondary N) is 1. The molecule has 0 bridgehead atoms. The average Bonchev–Trinajstić information content (AvgIpc) is 3.30. The van der Waals surface area contributed by atoms with Crippen LogP contribution in [0.25, 0.3) is 11.0 Å². The van der Waals surface area contributed by atoms with E-state index >= 15 is 0 Å². The smallest absolute Gasteiger partial charge is 0.338 e. The zero-order chi connectivity index (χ0) is 14.8. The predicted octanol–water partition coefficient (Wildman–Crippen LogP) is 1.45. The normalized spacial score (nSPS) is 15.5. The van der Waals surface area contributed by atoms with Crippen molar-refractivity contribution in [3.8, 4) is 0 Å². The van der Waals surface area contributed by atoms with Gasteiger partial charge in [0.2, 0.25) is 0 Å². The van der Waals surface area contributed by atoms with E-state index in [9.17, 15) is 9.59 Å². The van der Waals surface area contributed by atoms with Crippen molar-refractivity contribution in [2.75, 3.05) is 0 Å². The predicted molar refractivity (Wildman–Crippen MR) is 75.6 cm³/mol. The second-order valence-electron chi connectivity index (χ2n) is 5.09. The molecule has 6 nitrogen and oxygen atoms in total. The first-order valence-corrected chi connectivity index (χ1v) is 6.85. The lowest BCUT2D eigenvalue weighted by Crippen LogP contribution is -2.37. The number of rotatable bonds is 4. The molecule has 1 aromatic heterocycles. The Morgan fingerprint density at radius 2 is 1.95 bits per heavy atom. The standard InChI is InChI=1S/C15H15N3O3/c1-9(14(19)18-11-3-4-11)21-15(20)10-2-5-12-13(8-10)17-7-6-16-12/h2,5-9,11H,3-4H2,1H3,(H,18,19)/t9-/m0/s1. The minimum atomic E-state index is -0.810. The molecule has 21 heavy (non-hydrogen) atoms. The second kappa shape index (κ2) is 5.47. The van der Waals surface area contributed by atoms with Gasteiger partial charge in [-0.2, -0.15) is 0 Å². The fourth-order valence-corrected chi connectivity index (χ4v) is 1.92. The van der Waals surface area contributed by atoms with Gasteiger partial charge in [0.1, 0.15) is 0 Å². The Morgan fingerprint density at radius 3 is 2.67 bits per heavy atom. The molecular weight excluding hydrogens is 270 g/mol. The minimum Gasteiger partial charge on any atom is -0.449 e. The molecule has 1 fully saturated rings. The molecule has 1 saturated carbocycles. The van der Waals surface area contributed by atoms with E-state index in [0.29, 0.717) is 16.6 Å². The molecule has 2 aromatic rings. The highest BCUT2D eigenvalue weighted by atomic mass is 16.5. The Balaban J connectivity index is 1.69. The van der Waals surface area contributed by atoms with Crippen LogP contribution in [0.2, 0.25) is 0 Å². The van der Waals surface area contributed by atoms with Crippen molar-refractivity contribution in [2.45, 2.75) is 31.9 Å². The molecule has 1 aliphatic carbocycles. The molecule has 1 aliphatic rings. The lowest BCUT2D eigenvalue weighted by atomic mass is 10.2. The Kier molecular flexibility index (Phi) is 3.51. The third-order valence-corrected chi connectivity index (χ3v) is 3.28. The molecule has 1 N–H and O–H groups in total. The summed E-state index contributed by atoms with van der Waals surface area (Å²) in [5.41, 5.74) is 1.67. The SMILES string of the molecule is C[C@H](OC(=O)c1ccc2nccnc2c1)C(=O)NC1CC1. The molecule has 0 aliphatic heterocycles. The van der Waals surface area contributed by atoms with Gasteiger partial charge in [0.25, 0.3) is 5.91 Å². The molecule has 108 valence electrons. The van der Waals surface area contributed by atoms with Gasteiger partial charge in [0.05, 0.1) is 16.6 Å². The summed E-state index contributed by atoms with van der Waals surface area (Å²) in [7, 11) is 0. The number of hydrogen-bond acceptors (Lipinski definition) is 5. The van der Waals surface area contributed by atoms with Gasteiger partial charge >= 0.3 is 5.97 Å². The number of hydrogen-bond donors (Lipinski definition) is 1. The number of benzene rings is 1. The number of amides is 1. The Hall–Kier alpha value is -2.50. The molecule has 3 rings (SSSR count). The number of aromatic nitrogens is 2. The highest BCUT2D eigenvalue weighted by Gasteiger charge is 2.27. The lowest BCUT2D eigenvalue weighted by molar-refractivity contribution is -0.129. The Labute approximate surface area is 121 Å². The molecule has 0 saturated heterocycles. The van der Waals surface area contributed by atoms with Crippen molar-refractivity contribution in [3.05, 3.63) is 36.2 Å². The van der Waals surface area contributed by atoms with Crippen LogP contribution in [0.5, 0.6) is 0 Å². The maximum atomic E-state index is 12.1. The number of ether oxygens (including phenoxy) is 1. The van der Waals surface area contributed by atoms with Crippen LogP contribution in [0.15, 0.2) is 30.6 Å². The molecule has 1 aromatic carbocycles. The first-order valence-electron chi connectivity index (χ1n) is 6.85. The zero-order valence-electron chi connectivity index (χ0n) is 11.6. The Morgan fingerprint density at radius 1 is 1.24 bits per heavy atom. The van der Waals surface area contributed by atoms with E-state index in [1.165, 1.54) is 0 Å². The van der Waals surface area contributed by atoms with E-state index in [1.54, 1.807) is 37.5 Å².